The number of ether oxygens (including phenoxy) is 1. The lowest BCUT2D eigenvalue weighted by Crippen LogP contribution is -2.29. The molecule has 0 fully saturated rings. The Kier molecular flexibility index (Phi) is 4.48. The maximum Gasteiger partial charge on any atom is 0.276 e. The summed E-state index contributed by atoms with van der Waals surface area (Å²) < 4.78 is 34.6. The van der Waals surface area contributed by atoms with Crippen LogP contribution in [0.1, 0.15) is 5.76 Å². The lowest BCUT2D eigenvalue weighted by molar-refractivity contribution is 0.184. The van der Waals surface area contributed by atoms with Gasteiger partial charge in [-0.15, -0.1) is 0 Å². The Morgan fingerprint density at radius 2 is 2.19 bits per heavy atom. The van der Waals surface area contributed by atoms with E-state index in [0.717, 1.165) is 4.31 Å². The molecule has 92 valence electrons. The van der Waals surface area contributed by atoms with E-state index in [1.165, 1.54) is 26.3 Å². The van der Waals surface area contributed by atoms with E-state index in [2.05, 4.69) is 0 Å². The summed E-state index contributed by atoms with van der Waals surface area (Å²) in [5, 5.41) is 8.60. The van der Waals surface area contributed by atoms with Gasteiger partial charge in [-0.1, -0.05) is 0 Å². The van der Waals surface area contributed by atoms with Crippen molar-refractivity contribution in [1.29, 1.82) is 0 Å². The molecule has 6 nitrogen and oxygen atoms in total. The van der Waals surface area contributed by atoms with Gasteiger partial charge in [-0.3, -0.25) is 0 Å². The van der Waals surface area contributed by atoms with Crippen LogP contribution in [-0.4, -0.2) is 45.1 Å². The van der Waals surface area contributed by atoms with Crippen molar-refractivity contribution in [3.05, 3.63) is 17.9 Å². The second-order valence-corrected chi connectivity index (χ2v) is 5.17. The minimum atomic E-state index is -3.62. The first kappa shape index (κ1) is 13.2. The first-order valence-corrected chi connectivity index (χ1v) is 6.11. The number of hydrogen-bond acceptors (Lipinski definition) is 5. The summed E-state index contributed by atoms with van der Waals surface area (Å²) in [6, 6.07) is 2.75. The second kappa shape index (κ2) is 5.44. The Hall–Kier alpha value is -0.890. The lowest BCUT2D eigenvalue weighted by atomic mass is 10.5. The average Bonchev–Trinajstić information content (AvgIpc) is 2.74. The van der Waals surface area contributed by atoms with Gasteiger partial charge < -0.3 is 14.3 Å². The monoisotopic (exact) mass is 249 g/mol. The quantitative estimate of drug-likeness (QED) is 0.770. The summed E-state index contributed by atoms with van der Waals surface area (Å²) in [6.07, 6.45) is 0. The van der Waals surface area contributed by atoms with Gasteiger partial charge in [-0.25, -0.2) is 8.42 Å². The third-order valence-electron chi connectivity index (χ3n) is 2.07. The Balaban J connectivity index is 2.84. The molecule has 0 aliphatic rings. The molecule has 0 bridgehead atoms. The van der Waals surface area contributed by atoms with Crippen LogP contribution in [-0.2, 0) is 21.4 Å². The van der Waals surface area contributed by atoms with Gasteiger partial charge in [0.25, 0.3) is 10.0 Å². The topological polar surface area (TPSA) is 80.0 Å². The van der Waals surface area contributed by atoms with Crippen LogP contribution in [0.4, 0.5) is 0 Å². The van der Waals surface area contributed by atoms with Crippen LogP contribution < -0.4 is 0 Å². The fourth-order valence-corrected chi connectivity index (χ4v) is 2.15. The van der Waals surface area contributed by atoms with E-state index in [4.69, 9.17) is 14.3 Å². The van der Waals surface area contributed by atoms with Crippen LogP contribution in [0.5, 0.6) is 0 Å². The van der Waals surface area contributed by atoms with Gasteiger partial charge in [-0.2, -0.15) is 4.31 Å². The van der Waals surface area contributed by atoms with Crippen molar-refractivity contribution in [3.8, 4) is 0 Å². The van der Waals surface area contributed by atoms with Gasteiger partial charge in [0.2, 0.25) is 5.09 Å². The van der Waals surface area contributed by atoms with E-state index in [1.54, 1.807) is 0 Å². The standard InChI is InChI=1S/C9H15NO5S/c1-10(5-6-14-2)16(12,13)9-4-3-8(7-11)15-9/h3-4,11H,5-7H2,1-2H3. The normalized spacial score (nSPS) is 12.2. The number of hydrogen-bond donors (Lipinski definition) is 1. The molecule has 1 N–H and O–H groups in total. The van der Waals surface area contributed by atoms with E-state index >= 15 is 0 Å². The van der Waals surface area contributed by atoms with Crippen LogP contribution in [0, 0.1) is 0 Å². The average molecular weight is 249 g/mol. The summed E-state index contributed by atoms with van der Waals surface area (Å²) >= 11 is 0. The van der Waals surface area contributed by atoms with E-state index in [1.807, 2.05) is 0 Å². The fraction of sp³-hybridized carbons (Fsp3) is 0.556. The van der Waals surface area contributed by atoms with Gasteiger partial charge in [-0.05, 0) is 12.1 Å². The maximum atomic E-state index is 11.9. The van der Waals surface area contributed by atoms with E-state index < -0.39 is 10.0 Å². The molecule has 1 aromatic rings. The summed E-state index contributed by atoms with van der Waals surface area (Å²) in [5.74, 6) is 0.221. The molecular formula is C9H15NO5S. The first-order valence-electron chi connectivity index (χ1n) is 4.67. The molecule has 0 unspecified atom stereocenters. The molecule has 16 heavy (non-hydrogen) atoms. The molecule has 1 aromatic heterocycles. The van der Waals surface area contributed by atoms with E-state index in [9.17, 15) is 8.42 Å². The molecule has 0 amide bonds. The van der Waals surface area contributed by atoms with Crippen molar-refractivity contribution in [2.24, 2.45) is 0 Å². The number of rotatable bonds is 6. The van der Waals surface area contributed by atoms with Crippen molar-refractivity contribution in [1.82, 2.24) is 4.31 Å². The Morgan fingerprint density at radius 1 is 1.50 bits per heavy atom. The zero-order valence-electron chi connectivity index (χ0n) is 9.21. The predicted molar refractivity (Wildman–Crippen MR) is 56.3 cm³/mol. The molecule has 7 heteroatoms. The van der Waals surface area contributed by atoms with Crippen LogP contribution in [0.2, 0.25) is 0 Å². The highest BCUT2D eigenvalue weighted by atomic mass is 32.2. The number of nitrogens with zero attached hydrogens (tertiary/aromatic N) is 1. The molecule has 0 aliphatic carbocycles. The number of furan rings is 1. The maximum absolute atomic E-state index is 11.9. The zero-order chi connectivity index (χ0) is 12.2. The van der Waals surface area contributed by atoms with Crippen molar-refractivity contribution < 1.29 is 22.7 Å². The van der Waals surface area contributed by atoms with E-state index in [-0.39, 0.29) is 24.0 Å². The second-order valence-electron chi connectivity index (χ2n) is 3.20. The minimum Gasteiger partial charge on any atom is -0.446 e. The first-order chi connectivity index (χ1) is 7.52. The summed E-state index contributed by atoms with van der Waals surface area (Å²) in [5.41, 5.74) is 0. The van der Waals surface area contributed by atoms with Gasteiger partial charge in [0.15, 0.2) is 0 Å². The number of methoxy groups -OCH3 is 1. The molecule has 1 heterocycles. The molecule has 0 spiro atoms. The third-order valence-corrected chi connectivity index (χ3v) is 3.80. The summed E-state index contributed by atoms with van der Waals surface area (Å²) in [6.45, 7) is 0.231. The predicted octanol–water partition coefficient (Wildman–Crippen LogP) is 0.0388. The lowest BCUT2D eigenvalue weighted by Gasteiger charge is -2.14. The number of sulfonamides is 1. The van der Waals surface area contributed by atoms with Crippen molar-refractivity contribution in [3.63, 3.8) is 0 Å². The van der Waals surface area contributed by atoms with Gasteiger partial charge in [0.1, 0.15) is 12.4 Å². The van der Waals surface area contributed by atoms with Crippen LogP contribution in [0.15, 0.2) is 21.6 Å². The molecule has 0 atom stereocenters. The van der Waals surface area contributed by atoms with Crippen molar-refractivity contribution in [2.45, 2.75) is 11.7 Å². The molecule has 0 radical (unpaired) electrons. The van der Waals surface area contributed by atoms with Crippen molar-refractivity contribution >= 4 is 10.0 Å². The van der Waals surface area contributed by atoms with Crippen LogP contribution in [0.3, 0.4) is 0 Å². The number of aliphatic hydroxyl groups excluding tert-OH is 1. The van der Waals surface area contributed by atoms with E-state index in [0.29, 0.717) is 6.61 Å². The Morgan fingerprint density at radius 3 is 2.69 bits per heavy atom. The number of likely N-dealkylation sites (N-methyl/N-ethyl adjacent to an activating group) is 1. The van der Waals surface area contributed by atoms with Gasteiger partial charge in [0.05, 0.1) is 6.61 Å². The van der Waals surface area contributed by atoms with Crippen LogP contribution >= 0.6 is 0 Å². The highest BCUT2D eigenvalue weighted by Gasteiger charge is 2.24. The molecule has 0 aliphatic heterocycles. The SMILES string of the molecule is COCCN(C)S(=O)(=O)c1ccc(CO)o1. The molecular weight excluding hydrogens is 234 g/mol. The largest absolute Gasteiger partial charge is 0.446 e. The highest BCUT2D eigenvalue weighted by molar-refractivity contribution is 7.89. The molecule has 1 rings (SSSR count). The zero-order valence-corrected chi connectivity index (χ0v) is 10.0. The highest BCUT2D eigenvalue weighted by Crippen LogP contribution is 2.17. The fourth-order valence-electron chi connectivity index (χ4n) is 1.08. The van der Waals surface area contributed by atoms with Crippen molar-refractivity contribution in [2.75, 3.05) is 27.3 Å². The molecule has 0 saturated heterocycles. The Bertz CT molecular complexity index is 425. The third kappa shape index (κ3) is 2.82. The van der Waals surface area contributed by atoms with Crippen LogP contribution in [0.25, 0.3) is 0 Å². The summed E-state index contributed by atoms with van der Waals surface area (Å²) in [7, 11) is -0.688. The smallest absolute Gasteiger partial charge is 0.276 e. The summed E-state index contributed by atoms with van der Waals surface area (Å²) in [4.78, 5) is 0. The Labute approximate surface area is 94.5 Å². The van der Waals surface area contributed by atoms with Gasteiger partial charge >= 0.3 is 0 Å². The number of aliphatic hydroxyl groups is 1. The minimum absolute atomic E-state index is 0.171. The van der Waals surface area contributed by atoms with Gasteiger partial charge in [0, 0.05) is 20.7 Å². The molecule has 0 aromatic carbocycles. The molecule has 0 saturated carbocycles.